The summed E-state index contributed by atoms with van der Waals surface area (Å²) in [5.74, 6) is 0.533. The van der Waals surface area contributed by atoms with Crippen molar-refractivity contribution in [1.29, 1.82) is 0 Å². The lowest BCUT2D eigenvalue weighted by atomic mass is 10.2. The Hall–Kier alpha value is -2.38. The summed E-state index contributed by atoms with van der Waals surface area (Å²) in [5.41, 5.74) is 1.01. The Balaban J connectivity index is 1.62. The summed E-state index contributed by atoms with van der Waals surface area (Å²) < 4.78 is 1.31. The van der Waals surface area contributed by atoms with Gasteiger partial charge in [-0.2, -0.15) is 9.78 Å². The van der Waals surface area contributed by atoms with Gasteiger partial charge in [0.2, 0.25) is 0 Å². The third kappa shape index (κ3) is 4.91. The van der Waals surface area contributed by atoms with Gasteiger partial charge in [-0.1, -0.05) is 43.6 Å². The lowest BCUT2D eigenvalue weighted by molar-refractivity contribution is -0.892. The molecule has 0 spiro atoms. The maximum Gasteiger partial charge on any atom is 0.292 e. The van der Waals surface area contributed by atoms with Crippen molar-refractivity contribution in [3.05, 3.63) is 51.9 Å². The molecule has 0 radical (unpaired) electrons. The third-order valence-electron chi connectivity index (χ3n) is 4.83. The maximum atomic E-state index is 12.7. The van der Waals surface area contributed by atoms with E-state index in [0.29, 0.717) is 30.4 Å². The summed E-state index contributed by atoms with van der Waals surface area (Å²) in [7, 11) is 0. The van der Waals surface area contributed by atoms with Gasteiger partial charge in [0.25, 0.3) is 11.5 Å². The van der Waals surface area contributed by atoms with Crippen LogP contribution in [0.15, 0.2) is 41.3 Å². The highest BCUT2D eigenvalue weighted by molar-refractivity contribution is 6.33. The van der Waals surface area contributed by atoms with Gasteiger partial charge in [-0.25, -0.2) is 0 Å². The number of piperazine rings is 1. The normalized spacial score (nSPS) is 15.1. The molecule has 1 saturated heterocycles. The first kappa shape index (κ1) is 20.4. The molecule has 0 bridgehead atoms. The molecule has 1 fully saturated rings. The van der Waals surface area contributed by atoms with Gasteiger partial charge in [-0.15, -0.1) is 0 Å². The predicted molar refractivity (Wildman–Crippen MR) is 110 cm³/mol. The molecule has 3 rings (SSSR count). The van der Waals surface area contributed by atoms with Crippen LogP contribution in [0.25, 0.3) is 5.69 Å². The van der Waals surface area contributed by atoms with Crippen LogP contribution in [0.3, 0.4) is 0 Å². The highest BCUT2D eigenvalue weighted by Crippen LogP contribution is 2.21. The number of carbonyl (C=O) groups excluding carboxylic acids is 1. The molecule has 0 aliphatic carbocycles. The summed E-state index contributed by atoms with van der Waals surface area (Å²) >= 11 is 6.39. The van der Waals surface area contributed by atoms with Crippen molar-refractivity contribution in [1.82, 2.24) is 15.1 Å². The van der Waals surface area contributed by atoms with Crippen molar-refractivity contribution in [3.63, 3.8) is 0 Å². The SMILES string of the molecule is CC(C)CNC(=O)C[NH+]1CCN(c2cnn(-c3ccccc3)c(=O)c2Cl)CC1. The zero-order chi connectivity index (χ0) is 20.1. The second-order valence-electron chi connectivity index (χ2n) is 7.51. The van der Waals surface area contributed by atoms with Crippen LogP contribution in [0.2, 0.25) is 5.02 Å². The van der Waals surface area contributed by atoms with E-state index in [4.69, 9.17) is 11.6 Å². The quantitative estimate of drug-likeness (QED) is 0.729. The average Bonchev–Trinajstić information content (AvgIpc) is 2.70. The van der Waals surface area contributed by atoms with Gasteiger partial charge < -0.3 is 15.1 Å². The van der Waals surface area contributed by atoms with Gasteiger partial charge in [0.05, 0.1) is 43.8 Å². The number of quaternary nitrogens is 1. The Kier molecular flexibility index (Phi) is 6.70. The number of aromatic nitrogens is 2. The molecule has 0 unspecified atom stereocenters. The van der Waals surface area contributed by atoms with Crippen molar-refractivity contribution in [2.24, 2.45) is 5.92 Å². The average molecular weight is 405 g/mol. The summed E-state index contributed by atoms with van der Waals surface area (Å²) in [6, 6.07) is 9.22. The molecule has 28 heavy (non-hydrogen) atoms. The molecule has 1 amide bonds. The fourth-order valence-corrected chi connectivity index (χ4v) is 3.49. The third-order valence-corrected chi connectivity index (χ3v) is 5.19. The number of para-hydroxylation sites is 1. The Labute approximate surface area is 169 Å². The Bertz CT molecular complexity index is 861. The smallest absolute Gasteiger partial charge is 0.292 e. The van der Waals surface area contributed by atoms with Crippen LogP contribution in [0.5, 0.6) is 0 Å². The summed E-state index contributed by atoms with van der Waals surface area (Å²) in [4.78, 5) is 28.0. The number of halogens is 1. The number of hydrogen-bond donors (Lipinski definition) is 2. The number of benzene rings is 1. The van der Waals surface area contributed by atoms with Crippen LogP contribution in [-0.4, -0.2) is 55.0 Å². The van der Waals surface area contributed by atoms with Gasteiger partial charge >= 0.3 is 0 Å². The van der Waals surface area contributed by atoms with Crippen molar-refractivity contribution in [2.45, 2.75) is 13.8 Å². The number of anilines is 1. The minimum absolute atomic E-state index is 0.0855. The first-order valence-electron chi connectivity index (χ1n) is 9.64. The maximum absolute atomic E-state index is 12.7. The first-order valence-corrected chi connectivity index (χ1v) is 10.0. The molecule has 0 saturated carbocycles. The van der Waals surface area contributed by atoms with E-state index in [-0.39, 0.29) is 16.5 Å². The summed E-state index contributed by atoms with van der Waals surface area (Å²) in [6.45, 7) is 8.41. The summed E-state index contributed by atoms with van der Waals surface area (Å²) in [5, 5.41) is 7.44. The number of nitrogens with zero attached hydrogens (tertiary/aromatic N) is 3. The van der Waals surface area contributed by atoms with Crippen molar-refractivity contribution in [2.75, 3.05) is 44.2 Å². The highest BCUT2D eigenvalue weighted by atomic mass is 35.5. The lowest BCUT2D eigenvalue weighted by Crippen LogP contribution is -3.16. The monoisotopic (exact) mass is 404 g/mol. The minimum Gasteiger partial charge on any atom is -0.358 e. The molecule has 2 heterocycles. The molecule has 2 N–H and O–H groups in total. The van der Waals surface area contributed by atoms with Gasteiger partial charge in [0.15, 0.2) is 6.54 Å². The van der Waals surface area contributed by atoms with E-state index in [2.05, 4.69) is 29.2 Å². The summed E-state index contributed by atoms with van der Waals surface area (Å²) in [6.07, 6.45) is 1.65. The van der Waals surface area contributed by atoms with E-state index in [9.17, 15) is 9.59 Å². The minimum atomic E-state index is -0.326. The molecule has 150 valence electrons. The molecule has 0 atom stereocenters. The van der Waals surface area contributed by atoms with E-state index < -0.39 is 0 Å². The second kappa shape index (κ2) is 9.21. The lowest BCUT2D eigenvalue weighted by Gasteiger charge is -2.33. The van der Waals surface area contributed by atoms with E-state index in [0.717, 1.165) is 26.2 Å². The van der Waals surface area contributed by atoms with Gasteiger partial charge in [-0.3, -0.25) is 9.59 Å². The van der Waals surface area contributed by atoms with Crippen LogP contribution in [0, 0.1) is 5.92 Å². The van der Waals surface area contributed by atoms with E-state index in [1.807, 2.05) is 30.3 Å². The topological polar surface area (TPSA) is 71.7 Å². The van der Waals surface area contributed by atoms with Crippen LogP contribution >= 0.6 is 11.6 Å². The Morgan fingerprint density at radius 2 is 1.93 bits per heavy atom. The first-order chi connectivity index (χ1) is 13.5. The number of nitrogens with one attached hydrogen (secondary N) is 2. The molecule has 1 aliphatic heterocycles. The molecule has 1 aromatic heterocycles. The number of carbonyl (C=O) groups is 1. The van der Waals surface area contributed by atoms with E-state index in [1.165, 1.54) is 9.58 Å². The van der Waals surface area contributed by atoms with Crippen molar-refractivity contribution in [3.8, 4) is 5.69 Å². The fourth-order valence-electron chi connectivity index (χ4n) is 3.25. The van der Waals surface area contributed by atoms with Crippen LogP contribution in [0.1, 0.15) is 13.8 Å². The number of amides is 1. The molecule has 7 nitrogen and oxygen atoms in total. The van der Waals surface area contributed by atoms with Crippen molar-refractivity contribution < 1.29 is 9.69 Å². The molecule has 1 aromatic carbocycles. The molecular formula is C20H27ClN5O2+. The highest BCUT2D eigenvalue weighted by Gasteiger charge is 2.25. The molecule has 1 aliphatic rings. The van der Waals surface area contributed by atoms with Crippen molar-refractivity contribution >= 4 is 23.2 Å². The van der Waals surface area contributed by atoms with Crippen LogP contribution < -0.4 is 20.7 Å². The van der Waals surface area contributed by atoms with E-state index >= 15 is 0 Å². The Morgan fingerprint density at radius 1 is 1.25 bits per heavy atom. The largest absolute Gasteiger partial charge is 0.358 e. The van der Waals surface area contributed by atoms with Gasteiger partial charge in [-0.05, 0) is 18.1 Å². The predicted octanol–water partition coefficient (Wildman–Crippen LogP) is 0.363. The Morgan fingerprint density at radius 3 is 2.57 bits per heavy atom. The number of hydrogen-bond acceptors (Lipinski definition) is 4. The number of rotatable bonds is 6. The molecule has 8 heteroatoms. The second-order valence-corrected chi connectivity index (χ2v) is 7.89. The molecular weight excluding hydrogens is 378 g/mol. The van der Waals surface area contributed by atoms with E-state index in [1.54, 1.807) is 6.20 Å². The van der Waals surface area contributed by atoms with Gasteiger partial charge in [0.1, 0.15) is 5.02 Å². The zero-order valence-electron chi connectivity index (χ0n) is 16.3. The van der Waals surface area contributed by atoms with Gasteiger partial charge in [0, 0.05) is 6.54 Å². The fraction of sp³-hybridized carbons (Fsp3) is 0.450. The van der Waals surface area contributed by atoms with Crippen LogP contribution in [-0.2, 0) is 4.79 Å². The molecule has 2 aromatic rings. The van der Waals surface area contributed by atoms with Crippen LogP contribution in [0.4, 0.5) is 5.69 Å². The standard InChI is InChI=1S/C20H26ClN5O2/c1-15(2)12-22-18(27)14-24-8-10-25(11-9-24)17-13-23-26(20(28)19(17)21)16-6-4-3-5-7-16/h3-7,13,15H,8-12,14H2,1-2H3,(H,22,27)/p+1. The zero-order valence-corrected chi connectivity index (χ0v) is 17.1.